The molecule has 0 aromatic carbocycles. The van der Waals surface area contributed by atoms with Crippen molar-refractivity contribution in [3.8, 4) is 0 Å². The van der Waals surface area contributed by atoms with Crippen LogP contribution in [0.3, 0.4) is 0 Å². The first-order valence-electron chi connectivity index (χ1n) is 7.32. The molecule has 25 heavy (non-hydrogen) atoms. The SMILES string of the molecule is Cc1nc(C2COCCN2Cc2ccoc2)cs1.O=C(O)C(F)(F)F. The van der Waals surface area contributed by atoms with Crippen LogP contribution in [0, 0.1) is 6.92 Å². The van der Waals surface area contributed by atoms with Gasteiger partial charge in [0.15, 0.2) is 0 Å². The smallest absolute Gasteiger partial charge is 0.475 e. The van der Waals surface area contributed by atoms with Crippen molar-refractivity contribution < 1.29 is 32.2 Å². The fourth-order valence-electron chi connectivity index (χ4n) is 2.25. The number of rotatable bonds is 3. The minimum atomic E-state index is -5.08. The average molecular weight is 378 g/mol. The summed E-state index contributed by atoms with van der Waals surface area (Å²) in [6.07, 6.45) is -1.56. The number of ether oxygens (including phenoxy) is 1. The molecule has 0 spiro atoms. The largest absolute Gasteiger partial charge is 0.490 e. The van der Waals surface area contributed by atoms with E-state index in [-0.39, 0.29) is 6.04 Å². The lowest BCUT2D eigenvalue weighted by atomic mass is 10.1. The molecule has 10 heteroatoms. The Morgan fingerprint density at radius 2 is 2.24 bits per heavy atom. The molecule has 0 aliphatic carbocycles. The lowest BCUT2D eigenvalue weighted by molar-refractivity contribution is -0.192. The third-order valence-electron chi connectivity index (χ3n) is 3.43. The summed E-state index contributed by atoms with van der Waals surface area (Å²) in [7, 11) is 0. The molecule has 0 saturated carbocycles. The predicted octanol–water partition coefficient (Wildman–Crippen LogP) is 3.25. The number of morpholine rings is 1. The summed E-state index contributed by atoms with van der Waals surface area (Å²) in [5, 5.41) is 10.4. The van der Waals surface area contributed by atoms with E-state index in [0.717, 1.165) is 37.0 Å². The molecular weight excluding hydrogens is 361 g/mol. The quantitative estimate of drug-likeness (QED) is 0.884. The molecule has 6 nitrogen and oxygen atoms in total. The van der Waals surface area contributed by atoms with E-state index in [4.69, 9.17) is 19.1 Å². The van der Waals surface area contributed by atoms with Crippen LogP contribution in [0.5, 0.6) is 0 Å². The number of carbonyl (C=O) groups is 1. The first-order valence-corrected chi connectivity index (χ1v) is 8.20. The number of hydrogen-bond donors (Lipinski definition) is 1. The molecule has 1 saturated heterocycles. The second-order valence-corrected chi connectivity index (χ2v) is 6.35. The summed E-state index contributed by atoms with van der Waals surface area (Å²) < 4.78 is 42.5. The Balaban J connectivity index is 0.000000277. The Hall–Kier alpha value is -1.91. The molecule has 0 radical (unpaired) electrons. The maximum atomic E-state index is 10.6. The van der Waals surface area contributed by atoms with E-state index in [1.54, 1.807) is 23.9 Å². The van der Waals surface area contributed by atoms with Gasteiger partial charge in [0, 0.05) is 24.0 Å². The number of aryl methyl sites for hydroxylation is 1. The lowest BCUT2D eigenvalue weighted by Gasteiger charge is -2.34. The third-order valence-corrected chi connectivity index (χ3v) is 4.22. The molecular formula is C15H17F3N2O4S. The number of nitrogens with zero attached hydrogens (tertiary/aromatic N) is 2. The molecule has 138 valence electrons. The number of alkyl halides is 3. The number of hydrogen-bond acceptors (Lipinski definition) is 6. The summed E-state index contributed by atoms with van der Waals surface area (Å²) in [4.78, 5) is 15.9. The minimum Gasteiger partial charge on any atom is -0.475 e. The highest BCUT2D eigenvalue weighted by Gasteiger charge is 2.38. The van der Waals surface area contributed by atoms with Gasteiger partial charge < -0.3 is 14.3 Å². The van der Waals surface area contributed by atoms with Gasteiger partial charge in [-0.3, -0.25) is 4.90 Å². The Morgan fingerprint density at radius 1 is 1.52 bits per heavy atom. The van der Waals surface area contributed by atoms with Gasteiger partial charge in [-0.2, -0.15) is 13.2 Å². The monoisotopic (exact) mass is 378 g/mol. The van der Waals surface area contributed by atoms with E-state index in [2.05, 4.69) is 15.3 Å². The molecule has 0 amide bonds. The molecule has 1 N–H and O–H groups in total. The van der Waals surface area contributed by atoms with Crippen LogP contribution in [0.25, 0.3) is 0 Å². The number of aromatic nitrogens is 1. The van der Waals surface area contributed by atoms with Gasteiger partial charge in [0.25, 0.3) is 0 Å². The van der Waals surface area contributed by atoms with E-state index >= 15 is 0 Å². The van der Waals surface area contributed by atoms with Crippen molar-refractivity contribution in [1.29, 1.82) is 0 Å². The van der Waals surface area contributed by atoms with Crippen molar-refractivity contribution in [3.05, 3.63) is 40.2 Å². The summed E-state index contributed by atoms with van der Waals surface area (Å²) in [5.74, 6) is -2.76. The predicted molar refractivity (Wildman–Crippen MR) is 83.2 cm³/mol. The van der Waals surface area contributed by atoms with Crippen LogP contribution in [0.1, 0.15) is 22.3 Å². The first kappa shape index (κ1) is 19.4. The molecule has 2 aromatic heterocycles. The van der Waals surface area contributed by atoms with Crippen LogP contribution in [-0.4, -0.2) is 46.9 Å². The number of furan rings is 1. The first-order chi connectivity index (χ1) is 11.8. The van der Waals surface area contributed by atoms with Crippen LogP contribution in [0.15, 0.2) is 28.4 Å². The van der Waals surface area contributed by atoms with Crippen LogP contribution >= 0.6 is 11.3 Å². The van der Waals surface area contributed by atoms with Crippen LogP contribution in [0.4, 0.5) is 13.2 Å². The molecule has 1 fully saturated rings. The molecule has 2 aromatic rings. The van der Waals surface area contributed by atoms with Crippen LogP contribution in [-0.2, 0) is 16.1 Å². The van der Waals surface area contributed by atoms with Gasteiger partial charge in [0.2, 0.25) is 0 Å². The van der Waals surface area contributed by atoms with E-state index < -0.39 is 12.1 Å². The van der Waals surface area contributed by atoms with Gasteiger partial charge in [0.1, 0.15) is 0 Å². The van der Waals surface area contributed by atoms with Crippen molar-refractivity contribution in [2.24, 2.45) is 0 Å². The van der Waals surface area contributed by atoms with Crippen molar-refractivity contribution in [2.45, 2.75) is 25.7 Å². The van der Waals surface area contributed by atoms with E-state index in [0.29, 0.717) is 0 Å². The van der Waals surface area contributed by atoms with Crippen molar-refractivity contribution in [1.82, 2.24) is 9.88 Å². The molecule has 3 rings (SSSR count). The topological polar surface area (TPSA) is 75.8 Å². The van der Waals surface area contributed by atoms with Crippen LogP contribution < -0.4 is 0 Å². The molecule has 1 aliphatic rings. The molecule has 3 heterocycles. The van der Waals surface area contributed by atoms with Gasteiger partial charge in [0.05, 0.1) is 42.5 Å². The molecule has 0 bridgehead atoms. The number of halogens is 3. The standard InChI is InChI=1S/C13H16N2O2S.C2HF3O2/c1-10-14-12(9-18-10)13-8-17-5-3-15(13)6-11-2-4-16-7-11;3-2(4,5)1(6)7/h2,4,7,9,13H,3,5-6,8H2,1H3;(H,6,7). The summed E-state index contributed by atoms with van der Waals surface area (Å²) >= 11 is 1.70. The second kappa shape index (κ2) is 8.45. The highest BCUT2D eigenvalue weighted by atomic mass is 32.1. The molecule has 1 atom stereocenters. The summed E-state index contributed by atoms with van der Waals surface area (Å²) in [6.45, 7) is 5.38. The number of carboxylic acids is 1. The highest BCUT2D eigenvalue weighted by Crippen LogP contribution is 2.27. The lowest BCUT2D eigenvalue weighted by Crippen LogP contribution is -2.39. The zero-order valence-corrected chi connectivity index (χ0v) is 14.1. The number of carboxylic acid groups (broad SMARTS) is 1. The van der Waals surface area contributed by atoms with Gasteiger partial charge in [-0.15, -0.1) is 11.3 Å². The van der Waals surface area contributed by atoms with Gasteiger partial charge in [-0.1, -0.05) is 0 Å². The maximum absolute atomic E-state index is 10.6. The fourth-order valence-corrected chi connectivity index (χ4v) is 2.91. The normalized spacial score (nSPS) is 18.5. The molecule has 1 aliphatic heterocycles. The van der Waals surface area contributed by atoms with Crippen LogP contribution in [0.2, 0.25) is 0 Å². The highest BCUT2D eigenvalue weighted by molar-refractivity contribution is 7.09. The maximum Gasteiger partial charge on any atom is 0.490 e. The van der Waals surface area contributed by atoms with Crippen molar-refractivity contribution in [2.75, 3.05) is 19.8 Å². The Labute approximate surface area is 145 Å². The van der Waals surface area contributed by atoms with Gasteiger partial charge in [-0.25, -0.2) is 9.78 Å². The Bertz CT molecular complexity index is 673. The summed E-state index contributed by atoms with van der Waals surface area (Å²) in [6, 6.07) is 2.28. The average Bonchev–Trinajstić information content (AvgIpc) is 3.19. The second-order valence-electron chi connectivity index (χ2n) is 5.29. The number of thiazole rings is 1. The number of aliphatic carboxylic acids is 1. The Kier molecular flexibility index (Phi) is 6.57. The van der Waals surface area contributed by atoms with E-state index in [9.17, 15) is 13.2 Å². The Morgan fingerprint density at radius 3 is 2.76 bits per heavy atom. The summed E-state index contributed by atoms with van der Waals surface area (Å²) in [5.41, 5.74) is 2.33. The minimum absolute atomic E-state index is 0.263. The van der Waals surface area contributed by atoms with E-state index in [1.165, 1.54) is 5.56 Å². The van der Waals surface area contributed by atoms with Crippen molar-refractivity contribution >= 4 is 17.3 Å². The van der Waals surface area contributed by atoms with E-state index in [1.807, 2.05) is 13.0 Å². The van der Waals surface area contributed by atoms with Gasteiger partial charge in [-0.05, 0) is 13.0 Å². The van der Waals surface area contributed by atoms with Gasteiger partial charge >= 0.3 is 12.1 Å². The third kappa shape index (κ3) is 5.83. The zero-order chi connectivity index (χ0) is 18.4. The van der Waals surface area contributed by atoms with Crippen molar-refractivity contribution in [3.63, 3.8) is 0 Å². The fraction of sp³-hybridized carbons (Fsp3) is 0.467. The molecule has 1 unspecified atom stereocenters. The zero-order valence-electron chi connectivity index (χ0n) is 13.3.